The minimum absolute atomic E-state index is 0. The number of hydrogen-bond donors (Lipinski definition) is 0. The standard InChI is InChI=1S/2CHNS.Fe.Hg.3NO3/c2*2-1-3;;;3*2-1(3)4/h2*3H;;;;;/q;;+3;+2;3*-1/p-2. The minimum Gasteiger partial charge on any atom is -0.356 e. The molecular weight excluding hydrogens is 559 g/mol. The molecule has 0 spiro atoms. The number of thiocyanates is 2. The van der Waals surface area contributed by atoms with E-state index in [1.54, 1.807) is 0 Å². The first-order valence-electron chi connectivity index (χ1n) is 3.08. The maximum Gasteiger partial charge on any atom is 3.00 e. The number of rotatable bonds is 2. The SMILES string of the molecule is N#C[S][Hg][S]C#N.O=[N+]([O-])[O-].O=[N+]([O-])[O-].O=[N+]([O-])[O-].[Fe+3]. The molecule has 0 N–H and O–H groups in total. The Morgan fingerprint density at radius 1 is 0.750 bits per heavy atom. The van der Waals surface area contributed by atoms with E-state index in [0.29, 0.717) is 0 Å². The molecule has 0 aliphatic rings. The van der Waals surface area contributed by atoms with Crippen molar-refractivity contribution in [1.82, 2.24) is 0 Å². The van der Waals surface area contributed by atoms with Crippen molar-refractivity contribution in [2.24, 2.45) is 0 Å². The largest absolute Gasteiger partial charge is 3.00 e. The molecule has 14 nitrogen and oxygen atoms in total. The third kappa shape index (κ3) is 554. The molecule has 0 aromatic carbocycles. The molecule has 20 heavy (non-hydrogen) atoms. The van der Waals surface area contributed by atoms with E-state index < -0.39 is 36.8 Å². The van der Waals surface area contributed by atoms with Gasteiger partial charge in [0.2, 0.25) is 0 Å². The molecule has 109 valence electrons. The molecule has 0 rings (SSSR count). The molecule has 0 saturated carbocycles. The Morgan fingerprint density at radius 2 is 0.900 bits per heavy atom. The Bertz CT molecular complexity index is 290. The molecule has 0 heterocycles. The summed E-state index contributed by atoms with van der Waals surface area (Å²) in [6.07, 6.45) is 0. The summed E-state index contributed by atoms with van der Waals surface area (Å²) in [5, 5.41) is 64.0. The zero-order valence-electron chi connectivity index (χ0n) is 8.79. The van der Waals surface area contributed by atoms with Crippen LogP contribution in [0, 0.1) is 67.3 Å². The van der Waals surface area contributed by atoms with Gasteiger partial charge in [-0.1, -0.05) is 0 Å². The van der Waals surface area contributed by atoms with Crippen LogP contribution < -0.4 is 0 Å². The topological polar surface area (TPSA) is 246 Å². The Kier molecular flexibility index (Phi) is 47.8. The monoisotopic (exact) mass is 560 g/mol. The fraction of sp³-hybridized carbons (Fsp3) is 0. The van der Waals surface area contributed by atoms with E-state index in [9.17, 15) is 0 Å². The van der Waals surface area contributed by atoms with Crippen LogP contribution in [0.5, 0.6) is 0 Å². The van der Waals surface area contributed by atoms with Crippen molar-refractivity contribution < 1.29 is 53.9 Å². The molecule has 0 amide bonds. The van der Waals surface area contributed by atoms with E-state index in [1.807, 2.05) is 10.8 Å². The van der Waals surface area contributed by atoms with Gasteiger partial charge in [0, 0.05) is 0 Å². The summed E-state index contributed by atoms with van der Waals surface area (Å²) >= 11 is -1.09. The maximum atomic E-state index is 8.25. The second-order valence-corrected chi connectivity index (χ2v) is 18.1. The molecule has 0 bridgehead atoms. The first-order valence-corrected chi connectivity index (χ1v) is 18.5. The summed E-state index contributed by atoms with van der Waals surface area (Å²) in [4.78, 5) is 24.8. The predicted octanol–water partition coefficient (Wildman–Crippen LogP) is 0.608. The predicted molar refractivity (Wildman–Crippen MR) is 57.5 cm³/mol. The molecule has 0 aromatic heterocycles. The van der Waals surface area contributed by atoms with Crippen molar-refractivity contribution in [1.29, 1.82) is 10.5 Å². The van der Waals surface area contributed by atoms with Crippen LogP contribution in [0.25, 0.3) is 0 Å². The van der Waals surface area contributed by atoms with Gasteiger partial charge in [0.05, 0.1) is 15.3 Å². The van der Waals surface area contributed by atoms with Gasteiger partial charge in [-0.05, 0) is 0 Å². The molecular formula is C2FeHgN5O9S2. The van der Waals surface area contributed by atoms with Gasteiger partial charge in [-0.25, -0.2) is 0 Å². The van der Waals surface area contributed by atoms with Crippen LogP contribution in [0.4, 0.5) is 0 Å². The summed E-state index contributed by atoms with van der Waals surface area (Å²) in [6.45, 7) is 0. The maximum absolute atomic E-state index is 8.25. The fourth-order valence-electron chi connectivity index (χ4n) is 0.0822. The van der Waals surface area contributed by atoms with Crippen LogP contribution in [0.2, 0.25) is 0 Å². The third-order valence-corrected chi connectivity index (χ3v) is 12.7. The van der Waals surface area contributed by atoms with Gasteiger partial charge in [0.1, 0.15) is 0 Å². The van der Waals surface area contributed by atoms with Gasteiger partial charge in [-0.15, -0.1) is 0 Å². The molecule has 0 aliphatic carbocycles. The zero-order chi connectivity index (χ0) is 16.3. The van der Waals surface area contributed by atoms with Crippen molar-refractivity contribution in [3.63, 3.8) is 0 Å². The van der Waals surface area contributed by atoms with Crippen LogP contribution in [-0.2, 0) is 38.6 Å². The first kappa shape index (κ1) is 31.2. The normalized spacial score (nSPS) is 5.50. The molecule has 18 heteroatoms. The number of nitriles is 2. The van der Waals surface area contributed by atoms with Crippen molar-refractivity contribution in [2.45, 2.75) is 0 Å². The van der Waals surface area contributed by atoms with Crippen LogP contribution in [0.1, 0.15) is 0 Å². The Hall–Kier alpha value is -1.27. The zero-order valence-corrected chi connectivity index (χ0v) is 17.0. The van der Waals surface area contributed by atoms with Crippen LogP contribution in [0.3, 0.4) is 0 Å². The molecule has 0 fully saturated rings. The van der Waals surface area contributed by atoms with Gasteiger partial charge in [0.25, 0.3) is 0 Å². The Labute approximate surface area is 137 Å². The summed E-state index contributed by atoms with van der Waals surface area (Å²) in [5.41, 5.74) is 0. The van der Waals surface area contributed by atoms with Gasteiger partial charge < -0.3 is 46.0 Å². The van der Waals surface area contributed by atoms with Crippen molar-refractivity contribution in [3.8, 4) is 10.8 Å². The average Bonchev–Trinajstić information content (AvgIpc) is 2.15. The summed E-state index contributed by atoms with van der Waals surface area (Å²) in [6, 6.07) is 0. The smallest absolute Gasteiger partial charge is 0.356 e. The van der Waals surface area contributed by atoms with E-state index >= 15 is 0 Å². The van der Waals surface area contributed by atoms with E-state index in [1.165, 1.54) is 16.5 Å². The summed E-state index contributed by atoms with van der Waals surface area (Å²) < 4.78 is 0. The molecule has 0 aliphatic heterocycles. The van der Waals surface area contributed by atoms with Crippen molar-refractivity contribution in [3.05, 3.63) is 46.0 Å². The molecule has 0 saturated heterocycles. The van der Waals surface area contributed by atoms with Gasteiger partial charge in [0.15, 0.2) is 0 Å². The number of hydrogen-bond acceptors (Lipinski definition) is 13. The van der Waals surface area contributed by atoms with E-state index in [0.717, 1.165) is 0 Å². The molecule has 0 atom stereocenters. The van der Waals surface area contributed by atoms with Crippen molar-refractivity contribution in [2.75, 3.05) is 0 Å². The third-order valence-electron chi connectivity index (χ3n) is 0.247. The van der Waals surface area contributed by atoms with Crippen molar-refractivity contribution >= 4 is 16.5 Å². The minimum atomic E-state index is -1.75. The van der Waals surface area contributed by atoms with Gasteiger partial charge >= 0.3 is 76.4 Å². The first-order chi connectivity index (χ1) is 8.61. The Balaban J connectivity index is -0.0000000512. The number of nitrogens with zero attached hydrogens (tertiary/aromatic N) is 5. The molecule has 0 aromatic rings. The van der Waals surface area contributed by atoms with Crippen LogP contribution in [0.15, 0.2) is 0 Å². The van der Waals surface area contributed by atoms with E-state index in [2.05, 4.69) is 0 Å². The second-order valence-electron chi connectivity index (χ2n) is 1.26. The summed E-state index contributed by atoms with van der Waals surface area (Å²) in [7, 11) is 2.60. The van der Waals surface area contributed by atoms with E-state index in [4.69, 9.17) is 56.5 Å². The fourth-order valence-corrected chi connectivity index (χ4v) is 6.49. The van der Waals surface area contributed by atoms with E-state index in [-0.39, 0.29) is 17.1 Å². The quantitative estimate of drug-likeness (QED) is 0.148. The molecule has 0 unspecified atom stereocenters. The Morgan fingerprint density at radius 3 is 1.00 bits per heavy atom. The van der Waals surface area contributed by atoms with Crippen LogP contribution >= 0.6 is 16.5 Å². The average molecular weight is 559 g/mol. The summed E-state index contributed by atoms with van der Waals surface area (Å²) in [5.74, 6) is 0. The van der Waals surface area contributed by atoms with Gasteiger partial charge in [-0.2, -0.15) is 0 Å². The molecule has 1 radical (unpaired) electrons. The van der Waals surface area contributed by atoms with Gasteiger partial charge in [-0.3, -0.25) is 0 Å². The van der Waals surface area contributed by atoms with Crippen LogP contribution in [-0.4, -0.2) is 15.3 Å². The second kappa shape index (κ2) is 30.6.